The molecular weight excluding hydrogens is 398 g/mol. The van der Waals surface area contributed by atoms with Gasteiger partial charge in [0, 0.05) is 19.3 Å². The Morgan fingerprint density at radius 1 is 0.733 bits per heavy atom. The van der Waals surface area contributed by atoms with Crippen LogP contribution in [0.1, 0.15) is 51.4 Å². The molecule has 0 bridgehead atoms. The Kier molecular flexibility index (Phi) is 14.0. The van der Waals surface area contributed by atoms with Crippen molar-refractivity contribution in [1.82, 2.24) is 5.32 Å². The lowest BCUT2D eigenvalue weighted by Crippen LogP contribution is -2.48. The Hall–Kier alpha value is -2.53. The smallest absolute Gasteiger partial charge is 0.322 e. The van der Waals surface area contributed by atoms with E-state index in [1.54, 1.807) is 0 Å². The third-order valence-corrected chi connectivity index (χ3v) is 4.46. The summed E-state index contributed by atoms with van der Waals surface area (Å²) in [6.07, 6.45) is 1.24. The maximum atomic E-state index is 12.7. The highest BCUT2D eigenvalue weighted by Crippen LogP contribution is 2.10. The molecule has 11 nitrogen and oxygen atoms in total. The third-order valence-electron chi connectivity index (χ3n) is 4.46. The number of ether oxygens (including phenoxy) is 3. The zero-order chi connectivity index (χ0) is 23.1. The van der Waals surface area contributed by atoms with Gasteiger partial charge in [-0.2, -0.15) is 0 Å². The molecule has 0 aromatic carbocycles. The molecule has 0 aliphatic carbocycles. The first kappa shape index (κ1) is 27.5. The van der Waals surface area contributed by atoms with Crippen molar-refractivity contribution in [3.05, 3.63) is 0 Å². The molecule has 0 spiro atoms. The molecule has 3 atom stereocenters. The van der Waals surface area contributed by atoms with E-state index in [4.69, 9.17) is 11.5 Å². The maximum absolute atomic E-state index is 12.7. The monoisotopic (exact) mass is 431 g/mol. The number of esters is 3. The standard InChI is InChI=1S/C19H33N3O8/c1-28-16(24)9-5-8-15(23)22-14(10-11-17(25)29-2)18(26)12(20)6-4-7-13(21)19(27)30-3/h12-14H,4-11,20-21H2,1-3H3,(H,22,23)/t12?,13-,14-/m0/s1. The van der Waals surface area contributed by atoms with Gasteiger partial charge >= 0.3 is 17.9 Å². The summed E-state index contributed by atoms with van der Waals surface area (Å²) in [6, 6.07) is -2.69. The molecule has 172 valence electrons. The molecule has 0 fully saturated rings. The Balaban J connectivity index is 4.76. The fourth-order valence-electron chi connectivity index (χ4n) is 2.64. The van der Waals surface area contributed by atoms with E-state index in [9.17, 15) is 24.0 Å². The third kappa shape index (κ3) is 11.5. The first-order valence-corrected chi connectivity index (χ1v) is 9.71. The van der Waals surface area contributed by atoms with E-state index in [0.717, 1.165) is 0 Å². The summed E-state index contributed by atoms with van der Waals surface area (Å²) in [7, 11) is 3.71. The van der Waals surface area contributed by atoms with E-state index in [1.807, 2.05) is 0 Å². The van der Waals surface area contributed by atoms with E-state index >= 15 is 0 Å². The molecule has 0 saturated heterocycles. The number of nitrogens with two attached hydrogens (primary N) is 2. The minimum absolute atomic E-state index is 0.0142. The summed E-state index contributed by atoms with van der Waals surface area (Å²) in [5, 5.41) is 2.57. The van der Waals surface area contributed by atoms with E-state index < -0.39 is 47.7 Å². The van der Waals surface area contributed by atoms with Crippen molar-refractivity contribution in [1.29, 1.82) is 0 Å². The molecule has 0 aliphatic heterocycles. The lowest BCUT2D eigenvalue weighted by Gasteiger charge is -2.21. The number of methoxy groups -OCH3 is 3. The number of carbonyl (C=O) groups excluding carboxylic acids is 5. The van der Waals surface area contributed by atoms with Crippen molar-refractivity contribution < 1.29 is 38.2 Å². The molecule has 0 radical (unpaired) electrons. The van der Waals surface area contributed by atoms with Gasteiger partial charge in [-0.25, -0.2) is 0 Å². The predicted molar refractivity (Wildman–Crippen MR) is 106 cm³/mol. The Morgan fingerprint density at radius 3 is 1.87 bits per heavy atom. The van der Waals surface area contributed by atoms with Crippen LogP contribution in [0.4, 0.5) is 0 Å². The number of Topliss-reactive ketones (excluding diaryl/α,β-unsaturated/α-hetero) is 1. The minimum Gasteiger partial charge on any atom is -0.469 e. The van der Waals surface area contributed by atoms with E-state index in [1.165, 1.54) is 21.3 Å². The molecule has 5 N–H and O–H groups in total. The Morgan fingerprint density at radius 2 is 1.30 bits per heavy atom. The highest BCUT2D eigenvalue weighted by molar-refractivity contribution is 5.92. The van der Waals surface area contributed by atoms with E-state index in [0.29, 0.717) is 12.8 Å². The normalized spacial score (nSPS) is 13.5. The number of rotatable bonds is 15. The topological polar surface area (TPSA) is 177 Å². The van der Waals surface area contributed by atoms with Crippen LogP contribution >= 0.6 is 0 Å². The van der Waals surface area contributed by atoms with Crippen LogP contribution in [0.3, 0.4) is 0 Å². The first-order chi connectivity index (χ1) is 14.2. The summed E-state index contributed by atoms with van der Waals surface area (Å²) in [4.78, 5) is 58.7. The van der Waals surface area contributed by atoms with Gasteiger partial charge in [0.25, 0.3) is 0 Å². The molecular formula is C19H33N3O8. The number of carbonyl (C=O) groups is 5. The van der Waals surface area contributed by atoms with Crippen molar-refractivity contribution in [3.8, 4) is 0 Å². The summed E-state index contributed by atoms with van der Waals surface area (Å²) in [5.74, 6) is -2.39. The van der Waals surface area contributed by atoms with Gasteiger partial charge in [-0.1, -0.05) is 0 Å². The molecule has 0 aliphatic rings. The summed E-state index contributed by atoms with van der Waals surface area (Å²) < 4.78 is 13.6. The number of amides is 1. The Labute approximate surface area is 176 Å². The van der Waals surface area contributed by atoms with Crippen LogP contribution in [-0.2, 0) is 38.2 Å². The summed E-state index contributed by atoms with van der Waals surface area (Å²) >= 11 is 0. The van der Waals surface area contributed by atoms with E-state index in [2.05, 4.69) is 19.5 Å². The molecule has 0 heterocycles. The van der Waals surface area contributed by atoms with Crippen molar-refractivity contribution in [3.63, 3.8) is 0 Å². The number of hydrogen-bond acceptors (Lipinski definition) is 10. The van der Waals surface area contributed by atoms with Gasteiger partial charge < -0.3 is 31.0 Å². The van der Waals surface area contributed by atoms with Crippen LogP contribution in [0.25, 0.3) is 0 Å². The molecule has 30 heavy (non-hydrogen) atoms. The second kappa shape index (κ2) is 15.3. The van der Waals surface area contributed by atoms with Crippen LogP contribution in [0.2, 0.25) is 0 Å². The molecule has 0 saturated carbocycles. The van der Waals surface area contributed by atoms with Gasteiger partial charge in [-0.15, -0.1) is 0 Å². The predicted octanol–water partition coefficient (Wildman–Crippen LogP) is -0.665. The summed E-state index contributed by atoms with van der Waals surface area (Å²) in [6.45, 7) is 0. The van der Waals surface area contributed by atoms with Crippen molar-refractivity contribution in [2.24, 2.45) is 11.5 Å². The number of ketones is 1. The quantitative estimate of drug-likeness (QED) is 0.223. The molecule has 1 unspecified atom stereocenters. The Bertz CT molecular complexity index is 596. The molecule has 0 aromatic heterocycles. The molecule has 0 rings (SSSR count). The fourth-order valence-corrected chi connectivity index (χ4v) is 2.64. The van der Waals surface area contributed by atoms with Crippen molar-refractivity contribution in [2.45, 2.75) is 69.5 Å². The van der Waals surface area contributed by atoms with Crippen LogP contribution in [0.5, 0.6) is 0 Å². The van der Waals surface area contributed by atoms with Crippen LogP contribution < -0.4 is 16.8 Å². The first-order valence-electron chi connectivity index (χ1n) is 9.71. The van der Waals surface area contributed by atoms with Gasteiger partial charge in [0.15, 0.2) is 5.78 Å². The van der Waals surface area contributed by atoms with Crippen molar-refractivity contribution in [2.75, 3.05) is 21.3 Å². The highest BCUT2D eigenvalue weighted by Gasteiger charge is 2.27. The van der Waals surface area contributed by atoms with Gasteiger partial charge in [-0.3, -0.25) is 24.0 Å². The average molecular weight is 431 g/mol. The molecule has 1 amide bonds. The van der Waals surface area contributed by atoms with Gasteiger partial charge in [0.2, 0.25) is 5.91 Å². The second-order valence-corrected chi connectivity index (χ2v) is 6.73. The lowest BCUT2D eigenvalue weighted by molar-refractivity contribution is -0.142. The number of hydrogen-bond donors (Lipinski definition) is 3. The van der Waals surface area contributed by atoms with E-state index in [-0.39, 0.29) is 38.5 Å². The fraction of sp³-hybridized carbons (Fsp3) is 0.737. The largest absolute Gasteiger partial charge is 0.469 e. The second-order valence-electron chi connectivity index (χ2n) is 6.73. The minimum atomic E-state index is -0.973. The van der Waals surface area contributed by atoms with Crippen molar-refractivity contribution >= 4 is 29.6 Å². The van der Waals surface area contributed by atoms with Gasteiger partial charge in [-0.05, 0) is 32.1 Å². The zero-order valence-electron chi connectivity index (χ0n) is 17.8. The van der Waals surface area contributed by atoms with Gasteiger partial charge in [0.05, 0.1) is 33.4 Å². The van der Waals surface area contributed by atoms with Crippen LogP contribution in [0.15, 0.2) is 0 Å². The average Bonchev–Trinajstić information content (AvgIpc) is 2.74. The maximum Gasteiger partial charge on any atom is 0.322 e. The highest BCUT2D eigenvalue weighted by atomic mass is 16.5. The zero-order valence-corrected chi connectivity index (χ0v) is 17.8. The van der Waals surface area contributed by atoms with Crippen LogP contribution in [0, 0.1) is 0 Å². The summed E-state index contributed by atoms with van der Waals surface area (Å²) in [5.41, 5.74) is 11.6. The number of nitrogens with one attached hydrogen (secondary N) is 1. The lowest BCUT2D eigenvalue weighted by atomic mass is 9.96. The molecule has 11 heteroatoms. The van der Waals surface area contributed by atoms with Gasteiger partial charge in [0.1, 0.15) is 6.04 Å². The SMILES string of the molecule is COC(=O)CCCC(=O)N[C@@H](CCC(=O)OC)C(=O)C(N)CCC[C@H](N)C(=O)OC. The van der Waals surface area contributed by atoms with Crippen LogP contribution in [-0.4, -0.2) is 69.1 Å². The molecule has 0 aromatic rings.